The van der Waals surface area contributed by atoms with Crippen molar-refractivity contribution in [1.29, 1.82) is 0 Å². The predicted molar refractivity (Wildman–Crippen MR) is 289 cm³/mol. The van der Waals surface area contributed by atoms with Crippen LogP contribution >= 0.6 is 11.3 Å². The van der Waals surface area contributed by atoms with Crippen LogP contribution in [0.25, 0.3) is 148 Å². The third-order valence-electron chi connectivity index (χ3n) is 13.9. The first-order valence-corrected chi connectivity index (χ1v) is 24.2. The minimum absolute atomic E-state index is 0.564. The molecule has 0 unspecified atom stereocenters. The van der Waals surface area contributed by atoms with Gasteiger partial charge in [-0.25, -0.2) is 15.0 Å². The summed E-state index contributed by atoms with van der Waals surface area (Å²) in [5.41, 5.74) is 14.1. The topological polar surface area (TPSA) is 69.9 Å². The Morgan fingerprint density at radius 2 is 0.929 bits per heavy atom. The fraction of sp³-hybridized carbons (Fsp3) is 0. The van der Waals surface area contributed by atoms with Crippen LogP contribution in [0.5, 0.6) is 0 Å². The van der Waals surface area contributed by atoms with Crippen molar-refractivity contribution in [2.45, 2.75) is 0 Å². The summed E-state index contributed by atoms with van der Waals surface area (Å²) in [4.78, 5) is 15.5. The first-order valence-electron chi connectivity index (χ1n) is 23.4. The number of aromatic nitrogens is 4. The van der Waals surface area contributed by atoms with Gasteiger partial charge in [-0.05, 0) is 95.1 Å². The van der Waals surface area contributed by atoms with Gasteiger partial charge >= 0.3 is 0 Å². The minimum atomic E-state index is 0.564. The Hall–Kier alpha value is -9.17. The zero-order valence-electron chi connectivity index (χ0n) is 37.3. The molecule has 10 aromatic carbocycles. The Morgan fingerprint density at radius 3 is 1.80 bits per heavy atom. The van der Waals surface area contributed by atoms with E-state index in [1.165, 1.54) is 26.5 Å². The highest BCUT2D eigenvalue weighted by Crippen LogP contribution is 2.44. The third kappa shape index (κ3) is 6.02. The van der Waals surface area contributed by atoms with Crippen molar-refractivity contribution < 1.29 is 8.83 Å². The van der Waals surface area contributed by atoms with Gasteiger partial charge in [0.2, 0.25) is 0 Å². The largest absolute Gasteiger partial charge is 0.456 e. The van der Waals surface area contributed by atoms with E-state index < -0.39 is 0 Å². The maximum absolute atomic E-state index is 6.59. The molecule has 0 atom stereocenters. The second-order valence-electron chi connectivity index (χ2n) is 17.9. The standard InChI is InChI=1S/C63H36N4O2S/c1-3-13-37(14-4-1)61-64-62(66-63(65-61)50-21-11-19-47-45-18-8-10-23-54(45)69-60(47)50)49-20-12-24-57-59(49)48-31-27-41(36-58(48)70-57)40-26-30-46-51-33-38(28-32-55(51)68-56(46)35-40)39-25-29-44-43-17-7-9-22-52(43)67(53(44)34-39)42-15-5-2-6-16-42/h1-36H. The number of hydrogen-bond acceptors (Lipinski definition) is 6. The van der Waals surface area contributed by atoms with Gasteiger partial charge in [-0.1, -0.05) is 146 Å². The Morgan fingerprint density at radius 1 is 0.329 bits per heavy atom. The van der Waals surface area contributed by atoms with Crippen LogP contribution in [0.4, 0.5) is 0 Å². The fourth-order valence-corrected chi connectivity index (χ4v) is 11.8. The molecule has 7 heteroatoms. The molecule has 0 saturated heterocycles. The summed E-state index contributed by atoms with van der Waals surface area (Å²) in [6, 6.07) is 76.9. The molecule has 0 N–H and O–H groups in total. The maximum atomic E-state index is 6.59. The number of hydrogen-bond donors (Lipinski definition) is 0. The number of benzene rings is 10. The lowest BCUT2D eigenvalue weighted by atomic mass is 9.99. The first kappa shape index (κ1) is 38.9. The van der Waals surface area contributed by atoms with Gasteiger partial charge in [0.25, 0.3) is 0 Å². The number of rotatable bonds is 6. The van der Waals surface area contributed by atoms with Crippen LogP contribution in [0.2, 0.25) is 0 Å². The zero-order chi connectivity index (χ0) is 45.9. The van der Waals surface area contributed by atoms with Gasteiger partial charge in [-0.2, -0.15) is 0 Å². The van der Waals surface area contributed by atoms with E-state index >= 15 is 0 Å². The van der Waals surface area contributed by atoms with Crippen molar-refractivity contribution in [3.63, 3.8) is 0 Å². The van der Waals surface area contributed by atoms with Crippen LogP contribution < -0.4 is 0 Å². The van der Waals surface area contributed by atoms with Gasteiger partial charge in [0, 0.05) is 69.3 Å². The number of para-hydroxylation sites is 4. The van der Waals surface area contributed by atoms with Crippen molar-refractivity contribution >= 4 is 97.2 Å². The summed E-state index contributed by atoms with van der Waals surface area (Å²) in [5, 5.41) is 9.04. The summed E-state index contributed by atoms with van der Waals surface area (Å²) < 4.78 is 17.8. The van der Waals surface area contributed by atoms with Crippen LogP contribution in [0.3, 0.4) is 0 Å². The monoisotopic (exact) mass is 912 g/mol. The van der Waals surface area contributed by atoms with E-state index in [1.54, 1.807) is 11.3 Å². The molecule has 326 valence electrons. The first-order chi connectivity index (χ1) is 34.7. The quantitative estimate of drug-likeness (QED) is 0.166. The van der Waals surface area contributed by atoms with Gasteiger partial charge in [0.05, 0.1) is 16.6 Å². The molecule has 0 bridgehead atoms. The van der Waals surface area contributed by atoms with Crippen molar-refractivity contribution in [2.75, 3.05) is 0 Å². The highest BCUT2D eigenvalue weighted by atomic mass is 32.1. The SMILES string of the molecule is c1ccc(-c2nc(-c3cccc4c3oc3ccccc34)nc(-c3cccc4sc5cc(-c6ccc7c(c6)oc6ccc(-c8ccc9c%10ccccc%10n(-c%10ccccc%10)c9c8)cc67)ccc5c34)n2)cc1. The van der Waals surface area contributed by atoms with E-state index in [0.29, 0.717) is 17.5 Å². The van der Waals surface area contributed by atoms with E-state index in [9.17, 15) is 0 Å². The second-order valence-corrected chi connectivity index (χ2v) is 19.0. The highest BCUT2D eigenvalue weighted by molar-refractivity contribution is 7.26. The molecule has 6 nitrogen and oxygen atoms in total. The molecule has 0 saturated carbocycles. The molecule has 0 radical (unpaired) electrons. The number of thiophene rings is 1. The van der Waals surface area contributed by atoms with E-state index in [4.69, 9.17) is 23.8 Å². The van der Waals surface area contributed by atoms with E-state index in [1.807, 2.05) is 60.7 Å². The smallest absolute Gasteiger partial charge is 0.167 e. The van der Waals surface area contributed by atoms with Crippen molar-refractivity contribution in [1.82, 2.24) is 19.5 Å². The van der Waals surface area contributed by atoms with Crippen LogP contribution in [-0.2, 0) is 0 Å². The normalized spacial score (nSPS) is 12.0. The molecule has 15 aromatic rings. The molecule has 0 fully saturated rings. The molecule has 5 heterocycles. The van der Waals surface area contributed by atoms with E-state index in [-0.39, 0.29) is 0 Å². The minimum Gasteiger partial charge on any atom is -0.456 e. The zero-order valence-corrected chi connectivity index (χ0v) is 38.1. The molecule has 0 aliphatic heterocycles. The van der Waals surface area contributed by atoms with Crippen molar-refractivity contribution in [3.05, 3.63) is 218 Å². The average molecular weight is 913 g/mol. The predicted octanol–water partition coefficient (Wildman–Crippen LogP) is 17.5. The molecular formula is C63H36N4O2S. The molecule has 5 aromatic heterocycles. The second kappa shape index (κ2) is 15.2. The Labute approximate surface area is 404 Å². The van der Waals surface area contributed by atoms with Crippen LogP contribution in [-0.4, -0.2) is 19.5 Å². The lowest BCUT2D eigenvalue weighted by molar-refractivity contribution is 0.669. The molecule has 0 aliphatic rings. The summed E-state index contributed by atoms with van der Waals surface area (Å²) in [5.74, 6) is 1.78. The summed E-state index contributed by atoms with van der Waals surface area (Å²) in [6.07, 6.45) is 0. The Bertz CT molecular complexity index is 4600. The fourth-order valence-electron chi connectivity index (χ4n) is 10.6. The molecule has 0 aliphatic carbocycles. The molecular weight excluding hydrogens is 877 g/mol. The highest BCUT2D eigenvalue weighted by Gasteiger charge is 2.21. The van der Waals surface area contributed by atoms with Gasteiger partial charge < -0.3 is 13.4 Å². The van der Waals surface area contributed by atoms with E-state index in [0.717, 1.165) is 104 Å². The van der Waals surface area contributed by atoms with Gasteiger partial charge in [0.1, 0.15) is 22.3 Å². The third-order valence-corrected chi connectivity index (χ3v) is 15.0. The van der Waals surface area contributed by atoms with Crippen LogP contribution in [0.15, 0.2) is 227 Å². The number of nitrogens with zero attached hydrogens (tertiary/aromatic N) is 4. The molecule has 0 amide bonds. The van der Waals surface area contributed by atoms with Crippen LogP contribution in [0.1, 0.15) is 0 Å². The van der Waals surface area contributed by atoms with Gasteiger partial charge in [-0.3, -0.25) is 0 Å². The lowest BCUT2D eigenvalue weighted by Crippen LogP contribution is -2.00. The molecule has 0 spiro atoms. The molecule has 15 rings (SSSR count). The van der Waals surface area contributed by atoms with E-state index in [2.05, 4.69) is 162 Å². The average Bonchev–Trinajstić information content (AvgIpc) is 4.19. The number of furan rings is 2. The summed E-state index contributed by atoms with van der Waals surface area (Å²) >= 11 is 1.78. The summed E-state index contributed by atoms with van der Waals surface area (Å²) in [6.45, 7) is 0. The Kier molecular flexibility index (Phi) is 8.43. The number of fused-ring (bicyclic) bond motifs is 12. The summed E-state index contributed by atoms with van der Waals surface area (Å²) in [7, 11) is 0. The van der Waals surface area contributed by atoms with Gasteiger partial charge in [0.15, 0.2) is 17.5 Å². The van der Waals surface area contributed by atoms with Crippen molar-refractivity contribution in [3.8, 4) is 62.1 Å². The maximum Gasteiger partial charge on any atom is 0.167 e. The van der Waals surface area contributed by atoms with Crippen molar-refractivity contribution in [2.24, 2.45) is 0 Å². The Balaban J connectivity index is 0.812. The van der Waals surface area contributed by atoms with Gasteiger partial charge in [-0.15, -0.1) is 11.3 Å². The lowest BCUT2D eigenvalue weighted by Gasteiger charge is -2.10. The molecule has 70 heavy (non-hydrogen) atoms. The van der Waals surface area contributed by atoms with Crippen LogP contribution in [0, 0.1) is 0 Å².